The summed E-state index contributed by atoms with van der Waals surface area (Å²) < 4.78 is 0. The molecule has 1 heterocycles. The summed E-state index contributed by atoms with van der Waals surface area (Å²) >= 11 is 0. The van der Waals surface area contributed by atoms with Crippen LogP contribution < -0.4 is 5.32 Å². The first-order chi connectivity index (χ1) is 10.7. The number of amides is 1. The SMILES string of the molecule is Cc1cc(-c2nn[nH]n2)ccc1C(=O)NC1CC(=C2CC2)C1. The number of tetrazole rings is 1. The lowest BCUT2D eigenvalue weighted by atomic mass is 9.85. The van der Waals surface area contributed by atoms with Crippen molar-refractivity contribution in [3.05, 3.63) is 40.5 Å². The van der Waals surface area contributed by atoms with Crippen LogP contribution in [0.3, 0.4) is 0 Å². The van der Waals surface area contributed by atoms with Crippen LogP contribution in [-0.2, 0) is 0 Å². The third-order valence-electron chi connectivity index (χ3n) is 4.40. The molecule has 2 aliphatic carbocycles. The van der Waals surface area contributed by atoms with Gasteiger partial charge in [-0.05, 0) is 55.5 Å². The second-order valence-electron chi connectivity index (χ2n) is 6.05. The Morgan fingerprint density at radius 3 is 2.73 bits per heavy atom. The number of nitrogens with one attached hydrogen (secondary N) is 2. The van der Waals surface area contributed by atoms with Crippen molar-refractivity contribution in [1.82, 2.24) is 25.9 Å². The number of carbonyl (C=O) groups excluding carboxylic acids is 1. The van der Waals surface area contributed by atoms with Crippen molar-refractivity contribution in [3.8, 4) is 11.4 Å². The second kappa shape index (κ2) is 5.05. The van der Waals surface area contributed by atoms with Gasteiger partial charge in [0, 0.05) is 17.2 Å². The monoisotopic (exact) mass is 295 g/mol. The molecule has 0 spiro atoms. The lowest BCUT2D eigenvalue weighted by Gasteiger charge is -2.30. The molecule has 2 aromatic rings. The largest absolute Gasteiger partial charge is 0.349 e. The molecule has 0 aliphatic heterocycles. The summed E-state index contributed by atoms with van der Waals surface area (Å²) in [4.78, 5) is 12.4. The molecule has 2 aliphatic rings. The van der Waals surface area contributed by atoms with Gasteiger partial charge in [0.2, 0.25) is 5.82 Å². The van der Waals surface area contributed by atoms with Crippen LogP contribution in [0.4, 0.5) is 0 Å². The highest BCUT2D eigenvalue weighted by Crippen LogP contribution is 2.41. The fraction of sp³-hybridized carbons (Fsp3) is 0.375. The third-order valence-corrected chi connectivity index (χ3v) is 4.40. The van der Waals surface area contributed by atoms with Crippen LogP contribution in [0.1, 0.15) is 41.6 Å². The van der Waals surface area contributed by atoms with E-state index in [1.54, 1.807) is 11.1 Å². The molecule has 1 aromatic heterocycles. The van der Waals surface area contributed by atoms with Gasteiger partial charge in [0.25, 0.3) is 5.91 Å². The summed E-state index contributed by atoms with van der Waals surface area (Å²) in [5.74, 6) is 0.539. The minimum Gasteiger partial charge on any atom is -0.349 e. The van der Waals surface area contributed by atoms with E-state index in [-0.39, 0.29) is 5.91 Å². The maximum Gasteiger partial charge on any atom is 0.251 e. The molecule has 4 rings (SSSR count). The second-order valence-corrected chi connectivity index (χ2v) is 6.05. The van der Waals surface area contributed by atoms with E-state index in [9.17, 15) is 4.79 Å². The molecule has 2 saturated carbocycles. The molecule has 6 nitrogen and oxygen atoms in total. The Hall–Kier alpha value is -2.50. The molecule has 0 unspecified atom stereocenters. The van der Waals surface area contributed by atoms with Gasteiger partial charge < -0.3 is 5.32 Å². The summed E-state index contributed by atoms with van der Waals surface area (Å²) in [6.45, 7) is 1.93. The Bertz CT molecular complexity index is 749. The van der Waals surface area contributed by atoms with Crippen LogP contribution in [0.5, 0.6) is 0 Å². The summed E-state index contributed by atoms with van der Waals surface area (Å²) in [5, 5.41) is 17.0. The fourth-order valence-electron chi connectivity index (χ4n) is 2.95. The quantitative estimate of drug-likeness (QED) is 0.850. The molecule has 2 fully saturated rings. The van der Waals surface area contributed by atoms with Gasteiger partial charge in [0.05, 0.1) is 0 Å². The van der Waals surface area contributed by atoms with Crippen molar-refractivity contribution in [2.75, 3.05) is 0 Å². The molecule has 0 atom stereocenters. The number of allylic oxidation sites excluding steroid dienone is 1. The zero-order valence-corrected chi connectivity index (χ0v) is 12.4. The van der Waals surface area contributed by atoms with E-state index in [0.717, 1.165) is 24.0 Å². The standard InChI is InChI=1S/C16H17N5O/c1-9-6-11(15-18-20-21-19-15)4-5-14(9)16(22)17-13-7-12(8-13)10-2-3-10/h4-6,13H,2-3,7-8H2,1H3,(H,17,22)(H,18,19,20,21). The number of aromatic amines is 1. The van der Waals surface area contributed by atoms with Crippen LogP contribution in [0.2, 0.25) is 0 Å². The van der Waals surface area contributed by atoms with Crippen molar-refractivity contribution in [3.63, 3.8) is 0 Å². The van der Waals surface area contributed by atoms with Crippen molar-refractivity contribution in [2.24, 2.45) is 0 Å². The summed E-state index contributed by atoms with van der Waals surface area (Å²) in [7, 11) is 0. The molecule has 112 valence electrons. The topological polar surface area (TPSA) is 83.6 Å². The first kappa shape index (κ1) is 13.2. The van der Waals surface area contributed by atoms with E-state index >= 15 is 0 Å². The van der Waals surface area contributed by atoms with Crippen LogP contribution >= 0.6 is 0 Å². The van der Waals surface area contributed by atoms with Gasteiger partial charge >= 0.3 is 0 Å². The number of hydrogen-bond donors (Lipinski definition) is 2. The van der Waals surface area contributed by atoms with Gasteiger partial charge in [-0.25, -0.2) is 0 Å². The predicted octanol–water partition coefficient (Wildman–Crippen LogP) is 2.16. The predicted molar refractivity (Wildman–Crippen MR) is 81.1 cm³/mol. The van der Waals surface area contributed by atoms with E-state index in [1.165, 1.54) is 12.8 Å². The van der Waals surface area contributed by atoms with E-state index < -0.39 is 0 Å². The molecule has 1 amide bonds. The number of aromatic nitrogens is 4. The van der Waals surface area contributed by atoms with Crippen molar-refractivity contribution in [1.29, 1.82) is 0 Å². The molecule has 0 saturated heterocycles. The molecular weight excluding hydrogens is 278 g/mol. The zero-order chi connectivity index (χ0) is 15.1. The highest BCUT2D eigenvalue weighted by atomic mass is 16.1. The number of hydrogen-bond acceptors (Lipinski definition) is 4. The van der Waals surface area contributed by atoms with E-state index in [1.807, 2.05) is 25.1 Å². The Labute approximate surface area is 128 Å². The molecule has 1 aromatic carbocycles. The lowest BCUT2D eigenvalue weighted by molar-refractivity contribution is 0.0928. The average Bonchev–Trinajstić information content (AvgIpc) is 3.14. The van der Waals surface area contributed by atoms with Crippen LogP contribution in [0, 0.1) is 6.92 Å². The lowest BCUT2D eigenvalue weighted by Crippen LogP contribution is -2.41. The highest BCUT2D eigenvalue weighted by molar-refractivity contribution is 5.96. The number of rotatable bonds is 3. The summed E-state index contributed by atoms with van der Waals surface area (Å²) in [6.07, 6.45) is 4.60. The van der Waals surface area contributed by atoms with E-state index in [4.69, 9.17) is 0 Å². The molecule has 0 bridgehead atoms. The minimum absolute atomic E-state index is 0.00186. The maximum atomic E-state index is 12.4. The molecule has 2 N–H and O–H groups in total. The molecule has 6 heteroatoms. The van der Waals surface area contributed by atoms with Crippen molar-refractivity contribution < 1.29 is 4.79 Å². The summed E-state index contributed by atoms with van der Waals surface area (Å²) in [6, 6.07) is 5.89. The smallest absolute Gasteiger partial charge is 0.251 e. The Kier molecular flexibility index (Phi) is 3.03. The Morgan fingerprint density at radius 2 is 2.09 bits per heavy atom. The third kappa shape index (κ3) is 2.41. The summed E-state index contributed by atoms with van der Waals surface area (Å²) in [5.41, 5.74) is 5.66. The van der Waals surface area contributed by atoms with Crippen LogP contribution in [0.25, 0.3) is 11.4 Å². The van der Waals surface area contributed by atoms with Gasteiger partial charge in [-0.2, -0.15) is 5.21 Å². The van der Waals surface area contributed by atoms with E-state index in [0.29, 0.717) is 17.4 Å². The average molecular weight is 295 g/mol. The van der Waals surface area contributed by atoms with Gasteiger partial charge in [-0.3, -0.25) is 4.79 Å². The minimum atomic E-state index is 0.00186. The number of nitrogens with zero attached hydrogens (tertiary/aromatic N) is 3. The number of H-pyrrole nitrogens is 1. The molecule has 0 radical (unpaired) electrons. The van der Waals surface area contributed by atoms with E-state index in [2.05, 4.69) is 25.9 Å². The maximum absolute atomic E-state index is 12.4. The molecular formula is C16H17N5O. The zero-order valence-electron chi connectivity index (χ0n) is 12.4. The van der Waals surface area contributed by atoms with Crippen LogP contribution in [0.15, 0.2) is 29.3 Å². The van der Waals surface area contributed by atoms with Gasteiger partial charge in [0.1, 0.15) is 0 Å². The Balaban J connectivity index is 1.45. The van der Waals surface area contributed by atoms with Crippen molar-refractivity contribution >= 4 is 5.91 Å². The first-order valence-corrected chi connectivity index (χ1v) is 7.56. The molecule has 22 heavy (non-hydrogen) atoms. The highest BCUT2D eigenvalue weighted by Gasteiger charge is 2.30. The van der Waals surface area contributed by atoms with Crippen LogP contribution in [-0.4, -0.2) is 32.6 Å². The Morgan fingerprint density at radius 1 is 1.27 bits per heavy atom. The van der Waals surface area contributed by atoms with Crippen molar-refractivity contribution in [2.45, 2.75) is 38.6 Å². The van der Waals surface area contributed by atoms with Gasteiger partial charge in [0.15, 0.2) is 0 Å². The normalized spacial score (nSPS) is 19.8. The van der Waals surface area contributed by atoms with Gasteiger partial charge in [-0.1, -0.05) is 17.2 Å². The fourth-order valence-corrected chi connectivity index (χ4v) is 2.95. The first-order valence-electron chi connectivity index (χ1n) is 7.56. The number of carbonyl (C=O) groups is 1. The number of aryl methyl sites for hydroxylation is 1. The number of benzene rings is 1. The van der Waals surface area contributed by atoms with Gasteiger partial charge in [-0.15, -0.1) is 10.2 Å².